The van der Waals surface area contributed by atoms with Gasteiger partial charge < -0.3 is 5.32 Å². The summed E-state index contributed by atoms with van der Waals surface area (Å²) in [6.45, 7) is 2.58. The first-order valence-electron chi connectivity index (χ1n) is 7.90. The normalized spacial score (nSPS) is 10.4. The van der Waals surface area contributed by atoms with Gasteiger partial charge in [0.05, 0.1) is 11.4 Å². The fourth-order valence-corrected chi connectivity index (χ4v) is 2.81. The van der Waals surface area contributed by atoms with Crippen LogP contribution in [0.4, 0.5) is 0 Å². The SMILES string of the molecule is Cc1ccc(CNC(=O)CSc2ccc(-c3ccncc3)nn2)cc1. The summed E-state index contributed by atoms with van der Waals surface area (Å²) in [7, 11) is 0. The molecule has 6 heteroatoms. The second-order valence-electron chi connectivity index (χ2n) is 5.54. The molecule has 1 aromatic carbocycles. The smallest absolute Gasteiger partial charge is 0.230 e. The van der Waals surface area contributed by atoms with Crippen molar-refractivity contribution in [3.05, 3.63) is 72.1 Å². The first-order chi connectivity index (χ1) is 12.2. The third-order valence-electron chi connectivity index (χ3n) is 3.58. The molecule has 25 heavy (non-hydrogen) atoms. The number of aryl methyl sites for hydroxylation is 1. The molecule has 126 valence electrons. The molecule has 0 aliphatic rings. The number of pyridine rings is 1. The van der Waals surface area contributed by atoms with Gasteiger partial charge in [0.2, 0.25) is 5.91 Å². The number of nitrogens with zero attached hydrogens (tertiary/aromatic N) is 3. The highest BCUT2D eigenvalue weighted by Gasteiger charge is 2.05. The van der Waals surface area contributed by atoms with Crippen molar-refractivity contribution in [3.8, 4) is 11.3 Å². The van der Waals surface area contributed by atoms with Gasteiger partial charge in [-0.1, -0.05) is 41.6 Å². The van der Waals surface area contributed by atoms with Crippen LogP contribution in [0.3, 0.4) is 0 Å². The van der Waals surface area contributed by atoms with E-state index in [-0.39, 0.29) is 5.91 Å². The predicted molar refractivity (Wildman–Crippen MR) is 99.0 cm³/mol. The minimum Gasteiger partial charge on any atom is -0.351 e. The molecule has 1 amide bonds. The number of nitrogens with one attached hydrogen (secondary N) is 1. The van der Waals surface area contributed by atoms with Gasteiger partial charge >= 0.3 is 0 Å². The van der Waals surface area contributed by atoms with E-state index in [0.29, 0.717) is 12.3 Å². The van der Waals surface area contributed by atoms with Crippen molar-refractivity contribution in [1.29, 1.82) is 0 Å². The molecule has 2 aromatic heterocycles. The summed E-state index contributed by atoms with van der Waals surface area (Å²) >= 11 is 1.37. The number of amides is 1. The van der Waals surface area contributed by atoms with E-state index < -0.39 is 0 Å². The number of thioether (sulfide) groups is 1. The largest absolute Gasteiger partial charge is 0.351 e. The summed E-state index contributed by atoms with van der Waals surface area (Å²) < 4.78 is 0. The van der Waals surface area contributed by atoms with E-state index in [1.165, 1.54) is 17.3 Å². The lowest BCUT2D eigenvalue weighted by molar-refractivity contribution is -0.118. The van der Waals surface area contributed by atoms with Crippen LogP contribution in [0.15, 0.2) is 66.0 Å². The molecule has 0 fully saturated rings. The monoisotopic (exact) mass is 350 g/mol. The maximum Gasteiger partial charge on any atom is 0.230 e. The van der Waals surface area contributed by atoms with Crippen LogP contribution < -0.4 is 5.32 Å². The minimum atomic E-state index is -0.0226. The highest BCUT2D eigenvalue weighted by Crippen LogP contribution is 2.18. The van der Waals surface area contributed by atoms with Crippen molar-refractivity contribution in [2.45, 2.75) is 18.5 Å². The Morgan fingerprint density at radius 2 is 1.76 bits per heavy atom. The van der Waals surface area contributed by atoms with Crippen LogP contribution in [-0.2, 0) is 11.3 Å². The third-order valence-corrected chi connectivity index (χ3v) is 4.50. The number of hydrogen-bond donors (Lipinski definition) is 1. The Morgan fingerprint density at radius 3 is 2.44 bits per heavy atom. The summed E-state index contributed by atoms with van der Waals surface area (Å²) in [5.41, 5.74) is 4.05. The summed E-state index contributed by atoms with van der Waals surface area (Å²) in [6, 6.07) is 15.7. The lowest BCUT2D eigenvalue weighted by atomic mass is 10.1. The van der Waals surface area contributed by atoms with Crippen LogP contribution >= 0.6 is 11.8 Å². The Balaban J connectivity index is 1.48. The van der Waals surface area contributed by atoms with Crippen LogP contribution in [0.1, 0.15) is 11.1 Å². The molecule has 3 aromatic rings. The first kappa shape index (κ1) is 17.1. The van der Waals surface area contributed by atoms with Gasteiger partial charge in [0, 0.05) is 24.5 Å². The zero-order chi connectivity index (χ0) is 17.5. The quantitative estimate of drug-likeness (QED) is 0.691. The number of rotatable bonds is 6. The van der Waals surface area contributed by atoms with Crippen molar-refractivity contribution in [2.75, 3.05) is 5.75 Å². The van der Waals surface area contributed by atoms with Gasteiger partial charge in [0.1, 0.15) is 5.03 Å². The molecule has 0 bridgehead atoms. The van der Waals surface area contributed by atoms with Gasteiger partial charge in [0.15, 0.2) is 0 Å². The van der Waals surface area contributed by atoms with E-state index in [9.17, 15) is 4.79 Å². The second kappa shape index (κ2) is 8.39. The van der Waals surface area contributed by atoms with Crippen LogP contribution in [0.5, 0.6) is 0 Å². The van der Waals surface area contributed by atoms with E-state index in [2.05, 4.69) is 20.5 Å². The molecule has 0 atom stereocenters. The minimum absolute atomic E-state index is 0.0226. The number of aromatic nitrogens is 3. The number of hydrogen-bond acceptors (Lipinski definition) is 5. The van der Waals surface area contributed by atoms with Crippen LogP contribution in [0, 0.1) is 6.92 Å². The average molecular weight is 350 g/mol. The zero-order valence-electron chi connectivity index (χ0n) is 13.8. The topological polar surface area (TPSA) is 67.8 Å². The Kier molecular flexibility index (Phi) is 5.74. The maximum atomic E-state index is 12.0. The number of carbonyl (C=O) groups is 1. The molecule has 1 N–H and O–H groups in total. The van der Waals surface area contributed by atoms with Gasteiger partial charge in [-0.2, -0.15) is 0 Å². The highest BCUT2D eigenvalue weighted by atomic mass is 32.2. The molecular weight excluding hydrogens is 332 g/mol. The Hall–Kier alpha value is -2.73. The summed E-state index contributed by atoms with van der Waals surface area (Å²) in [4.78, 5) is 15.9. The van der Waals surface area contributed by atoms with Crippen molar-refractivity contribution < 1.29 is 4.79 Å². The standard InChI is InChI=1S/C19H18N4OS/c1-14-2-4-15(5-3-14)12-21-18(24)13-25-19-7-6-17(22-23-19)16-8-10-20-11-9-16/h2-11H,12-13H2,1H3,(H,21,24). The van der Waals surface area contributed by atoms with Crippen molar-refractivity contribution in [1.82, 2.24) is 20.5 Å². The molecule has 0 aliphatic carbocycles. The average Bonchev–Trinajstić information content (AvgIpc) is 2.67. The molecule has 3 rings (SSSR count). The third kappa shape index (κ3) is 5.12. The van der Waals surface area contributed by atoms with Crippen molar-refractivity contribution in [2.24, 2.45) is 0 Å². The molecule has 0 aliphatic heterocycles. The van der Waals surface area contributed by atoms with Gasteiger partial charge in [-0.25, -0.2) is 0 Å². The van der Waals surface area contributed by atoms with Gasteiger partial charge in [-0.3, -0.25) is 9.78 Å². The second-order valence-corrected chi connectivity index (χ2v) is 6.54. The fourth-order valence-electron chi connectivity index (χ4n) is 2.17. The highest BCUT2D eigenvalue weighted by molar-refractivity contribution is 7.99. The van der Waals surface area contributed by atoms with Crippen LogP contribution in [0.2, 0.25) is 0 Å². The summed E-state index contributed by atoms with van der Waals surface area (Å²) in [6.07, 6.45) is 3.44. The maximum absolute atomic E-state index is 12.0. The molecule has 0 saturated heterocycles. The van der Waals surface area contributed by atoms with E-state index in [1.54, 1.807) is 12.4 Å². The fraction of sp³-hybridized carbons (Fsp3) is 0.158. The van der Waals surface area contributed by atoms with Crippen molar-refractivity contribution >= 4 is 17.7 Å². The molecule has 0 spiro atoms. The van der Waals surface area contributed by atoms with Gasteiger partial charge in [-0.15, -0.1) is 10.2 Å². The van der Waals surface area contributed by atoms with Crippen molar-refractivity contribution in [3.63, 3.8) is 0 Å². The van der Waals surface area contributed by atoms with Gasteiger partial charge in [-0.05, 0) is 36.8 Å². The van der Waals surface area contributed by atoms with E-state index in [4.69, 9.17) is 0 Å². The summed E-state index contributed by atoms with van der Waals surface area (Å²) in [5.74, 6) is 0.292. The molecule has 0 unspecified atom stereocenters. The predicted octanol–water partition coefficient (Wildman–Crippen LogP) is 3.26. The molecular formula is C19H18N4OS. The lowest BCUT2D eigenvalue weighted by Crippen LogP contribution is -2.24. The van der Waals surface area contributed by atoms with E-state index >= 15 is 0 Å². The molecule has 0 radical (unpaired) electrons. The number of benzene rings is 1. The molecule has 2 heterocycles. The number of carbonyl (C=O) groups excluding carboxylic acids is 1. The molecule has 5 nitrogen and oxygen atoms in total. The van der Waals surface area contributed by atoms with E-state index in [0.717, 1.165) is 21.8 Å². The Labute approximate surface area is 150 Å². The first-order valence-corrected chi connectivity index (χ1v) is 8.88. The van der Waals surface area contributed by atoms with E-state index in [1.807, 2.05) is 55.5 Å². The van der Waals surface area contributed by atoms with Crippen LogP contribution in [0.25, 0.3) is 11.3 Å². The summed E-state index contributed by atoms with van der Waals surface area (Å²) in [5, 5.41) is 12.0. The molecule has 0 saturated carbocycles. The Bertz CT molecular complexity index is 820. The zero-order valence-corrected chi connectivity index (χ0v) is 14.7. The van der Waals surface area contributed by atoms with Crippen LogP contribution in [-0.4, -0.2) is 26.8 Å². The Morgan fingerprint density at radius 1 is 1.00 bits per heavy atom. The van der Waals surface area contributed by atoms with Gasteiger partial charge in [0.25, 0.3) is 0 Å². The lowest BCUT2D eigenvalue weighted by Gasteiger charge is -2.06.